The minimum Gasteiger partial charge on any atom is -0.383 e. The molecule has 0 aliphatic carbocycles. The summed E-state index contributed by atoms with van der Waals surface area (Å²) in [7, 11) is 1.55. The Morgan fingerprint density at radius 1 is 1.17 bits per heavy atom. The van der Waals surface area contributed by atoms with Gasteiger partial charge in [0.1, 0.15) is 0 Å². The summed E-state index contributed by atoms with van der Waals surface area (Å²) in [4.78, 5) is 22.8. The number of methoxy groups -OCH3 is 1. The van der Waals surface area contributed by atoms with Gasteiger partial charge in [-0.2, -0.15) is 0 Å². The first-order valence-electron chi connectivity index (χ1n) is 6.70. The minimum atomic E-state index is -0.586. The van der Waals surface area contributed by atoms with Crippen LogP contribution in [0.25, 0.3) is 0 Å². The lowest BCUT2D eigenvalue weighted by atomic mass is 9.99. The molecule has 0 rings (SSSR count). The first kappa shape index (κ1) is 16.9. The maximum atomic E-state index is 11.5. The first-order chi connectivity index (χ1) is 8.65. The summed E-state index contributed by atoms with van der Waals surface area (Å²) in [6.07, 6.45) is 4.43. The van der Waals surface area contributed by atoms with Crippen LogP contribution in [0.1, 0.15) is 39.5 Å². The second-order valence-corrected chi connectivity index (χ2v) is 4.38. The highest BCUT2D eigenvalue weighted by molar-refractivity contribution is 6.35. The van der Waals surface area contributed by atoms with Crippen LogP contribution in [0.2, 0.25) is 0 Å². The number of nitrogens with one attached hydrogen (secondary N) is 2. The predicted molar refractivity (Wildman–Crippen MR) is 71.2 cm³/mol. The fourth-order valence-corrected chi connectivity index (χ4v) is 1.61. The van der Waals surface area contributed by atoms with Crippen molar-refractivity contribution in [3.05, 3.63) is 0 Å². The Kier molecular flexibility index (Phi) is 10.3. The van der Waals surface area contributed by atoms with E-state index >= 15 is 0 Å². The molecule has 5 nitrogen and oxygen atoms in total. The number of amides is 2. The molecule has 0 fully saturated rings. The van der Waals surface area contributed by atoms with E-state index < -0.39 is 11.8 Å². The average molecular weight is 258 g/mol. The van der Waals surface area contributed by atoms with E-state index in [1.807, 2.05) is 0 Å². The van der Waals surface area contributed by atoms with E-state index in [0.29, 0.717) is 25.6 Å². The Labute approximate surface area is 110 Å². The summed E-state index contributed by atoms with van der Waals surface area (Å²) in [5.74, 6) is -0.681. The molecule has 0 aromatic rings. The summed E-state index contributed by atoms with van der Waals surface area (Å²) in [6.45, 7) is 5.59. The second kappa shape index (κ2) is 11.0. The number of carbonyl (C=O) groups is 2. The van der Waals surface area contributed by atoms with Crippen molar-refractivity contribution < 1.29 is 14.3 Å². The highest BCUT2D eigenvalue weighted by atomic mass is 16.5. The molecule has 0 aliphatic rings. The van der Waals surface area contributed by atoms with Gasteiger partial charge in [-0.1, -0.05) is 33.1 Å². The standard InChI is InChI=1S/C13H26N2O3/c1-4-6-7-11(5-2)10-15-13(17)12(16)14-8-9-18-3/h11H,4-10H2,1-3H3,(H,14,16)(H,15,17). The third kappa shape index (κ3) is 8.06. The third-order valence-electron chi connectivity index (χ3n) is 2.89. The summed E-state index contributed by atoms with van der Waals surface area (Å²) in [5.41, 5.74) is 0. The SMILES string of the molecule is CCCCC(CC)CNC(=O)C(=O)NCCOC. The number of ether oxygens (including phenoxy) is 1. The van der Waals surface area contributed by atoms with Crippen molar-refractivity contribution in [1.29, 1.82) is 0 Å². The number of carbonyl (C=O) groups excluding carboxylic acids is 2. The van der Waals surface area contributed by atoms with Crippen LogP contribution in [0.4, 0.5) is 0 Å². The molecule has 0 saturated carbocycles. The van der Waals surface area contributed by atoms with Crippen LogP contribution in [0.5, 0.6) is 0 Å². The van der Waals surface area contributed by atoms with Crippen LogP contribution in [0, 0.1) is 5.92 Å². The van der Waals surface area contributed by atoms with E-state index in [1.54, 1.807) is 7.11 Å². The van der Waals surface area contributed by atoms with Crippen LogP contribution >= 0.6 is 0 Å². The quantitative estimate of drug-likeness (QED) is 0.480. The number of unbranched alkanes of at least 4 members (excludes halogenated alkanes) is 1. The predicted octanol–water partition coefficient (Wildman–Crippen LogP) is 1.08. The molecule has 18 heavy (non-hydrogen) atoms. The Morgan fingerprint density at radius 2 is 1.83 bits per heavy atom. The molecule has 0 radical (unpaired) electrons. The van der Waals surface area contributed by atoms with Crippen LogP contribution < -0.4 is 10.6 Å². The van der Waals surface area contributed by atoms with Gasteiger partial charge in [-0.25, -0.2) is 0 Å². The molecule has 0 saturated heterocycles. The average Bonchev–Trinajstić information content (AvgIpc) is 2.38. The monoisotopic (exact) mass is 258 g/mol. The van der Waals surface area contributed by atoms with Gasteiger partial charge in [-0.15, -0.1) is 0 Å². The molecule has 0 aromatic carbocycles. The van der Waals surface area contributed by atoms with Gasteiger partial charge in [0.2, 0.25) is 0 Å². The van der Waals surface area contributed by atoms with Crippen molar-refractivity contribution in [2.75, 3.05) is 26.8 Å². The smallest absolute Gasteiger partial charge is 0.309 e. The first-order valence-corrected chi connectivity index (χ1v) is 6.70. The van der Waals surface area contributed by atoms with Gasteiger partial charge < -0.3 is 15.4 Å². The topological polar surface area (TPSA) is 67.4 Å². The van der Waals surface area contributed by atoms with Crippen molar-refractivity contribution in [1.82, 2.24) is 10.6 Å². The van der Waals surface area contributed by atoms with E-state index in [4.69, 9.17) is 4.74 Å². The molecule has 0 spiro atoms. The molecule has 0 heterocycles. The van der Waals surface area contributed by atoms with Crippen LogP contribution in [0.3, 0.4) is 0 Å². The van der Waals surface area contributed by atoms with Gasteiger partial charge in [-0.05, 0) is 12.3 Å². The zero-order valence-electron chi connectivity index (χ0n) is 11.8. The van der Waals surface area contributed by atoms with Crippen molar-refractivity contribution in [3.8, 4) is 0 Å². The van der Waals surface area contributed by atoms with Crippen molar-refractivity contribution >= 4 is 11.8 Å². The molecule has 0 aromatic heterocycles. The molecule has 2 amide bonds. The molecule has 1 atom stereocenters. The van der Waals surface area contributed by atoms with Crippen LogP contribution in [-0.2, 0) is 14.3 Å². The van der Waals surface area contributed by atoms with Gasteiger partial charge in [0.15, 0.2) is 0 Å². The number of hydrogen-bond donors (Lipinski definition) is 2. The third-order valence-corrected chi connectivity index (χ3v) is 2.89. The van der Waals surface area contributed by atoms with Gasteiger partial charge in [-0.3, -0.25) is 9.59 Å². The molecular formula is C13H26N2O3. The van der Waals surface area contributed by atoms with Crippen LogP contribution in [0.15, 0.2) is 0 Å². The zero-order chi connectivity index (χ0) is 13.8. The fraction of sp³-hybridized carbons (Fsp3) is 0.846. The van der Waals surface area contributed by atoms with E-state index in [0.717, 1.165) is 25.7 Å². The molecular weight excluding hydrogens is 232 g/mol. The highest BCUT2D eigenvalue weighted by Crippen LogP contribution is 2.10. The Balaban J connectivity index is 3.81. The van der Waals surface area contributed by atoms with E-state index in [2.05, 4.69) is 24.5 Å². The zero-order valence-corrected chi connectivity index (χ0v) is 11.8. The van der Waals surface area contributed by atoms with Gasteiger partial charge in [0, 0.05) is 20.2 Å². The fourth-order valence-electron chi connectivity index (χ4n) is 1.61. The van der Waals surface area contributed by atoms with Gasteiger partial charge >= 0.3 is 11.8 Å². The lowest BCUT2D eigenvalue weighted by Crippen LogP contribution is -2.42. The van der Waals surface area contributed by atoms with Crippen molar-refractivity contribution in [3.63, 3.8) is 0 Å². The summed E-state index contributed by atoms with van der Waals surface area (Å²) < 4.78 is 4.79. The van der Waals surface area contributed by atoms with E-state index in [-0.39, 0.29) is 0 Å². The Hall–Kier alpha value is -1.10. The Morgan fingerprint density at radius 3 is 2.39 bits per heavy atom. The summed E-state index contributed by atoms with van der Waals surface area (Å²) in [5, 5.41) is 5.17. The highest BCUT2D eigenvalue weighted by Gasteiger charge is 2.14. The van der Waals surface area contributed by atoms with Crippen LogP contribution in [-0.4, -0.2) is 38.6 Å². The van der Waals surface area contributed by atoms with Crippen molar-refractivity contribution in [2.45, 2.75) is 39.5 Å². The number of rotatable bonds is 9. The maximum absolute atomic E-state index is 11.5. The Bertz CT molecular complexity index is 244. The summed E-state index contributed by atoms with van der Waals surface area (Å²) >= 11 is 0. The van der Waals surface area contributed by atoms with E-state index in [1.165, 1.54) is 0 Å². The number of hydrogen-bond acceptors (Lipinski definition) is 3. The molecule has 0 bridgehead atoms. The lowest BCUT2D eigenvalue weighted by molar-refractivity contribution is -0.139. The van der Waals surface area contributed by atoms with E-state index in [9.17, 15) is 9.59 Å². The molecule has 2 N–H and O–H groups in total. The second-order valence-electron chi connectivity index (χ2n) is 4.38. The molecule has 106 valence electrons. The summed E-state index contributed by atoms with van der Waals surface area (Å²) in [6, 6.07) is 0. The van der Waals surface area contributed by atoms with Gasteiger partial charge in [0.25, 0.3) is 0 Å². The largest absolute Gasteiger partial charge is 0.383 e. The normalized spacial score (nSPS) is 11.9. The minimum absolute atomic E-state index is 0.357. The van der Waals surface area contributed by atoms with Crippen molar-refractivity contribution in [2.24, 2.45) is 5.92 Å². The molecule has 1 unspecified atom stereocenters. The maximum Gasteiger partial charge on any atom is 0.309 e. The van der Waals surface area contributed by atoms with Gasteiger partial charge in [0.05, 0.1) is 6.61 Å². The lowest BCUT2D eigenvalue weighted by Gasteiger charge is -2.15. The molecule has 0 aliphatic heterocycles. The molecule has 5 heteroatoms.